The van der Waals surface area contributed by atoms with Crippen molar-refractivity contribution in [1.29, 1.82) is 0 Å². The van der Waals surface area contributed by atoms with Crippen molar-refractivity contribution in [3.05, 3.63) is 29.8 Å². The standard InChI is InChI=1S/C13H18N2O/c1-10(16)15-12-6-4-5-11(9-12)13-7-2-3-8-14-13/h4-6,9,13-14H,2-3,7-8H2,1H3,(H,15,16)/t13-/m0/s1. The molecular formula is C13H18N2O. The number of piperidine rings is 1. The summed E-state index contributed by atoms with van der Waals surface area (Å²) in [4.78, 5) is 11.0. The molecule has 2 N–H and O–H groups in total. The lowest BCUT2D eigenvalue weighted by molar-refractivity contribution is -0.114. The summed E-state index contributed by atoms with van der Waals surface area (Å²) in [6.07, 6.45) is 3.73. The molecule has 1 atom stereocenters. The molecule has 1 aromatic carbocycles. The molecule has 1 heterocycles. The number of amides is 1. The second kappa shape index (κ2) is 5.12. The first kappa shape index (κ1) is 11.1. The third-order valence-corrected chi connectivity index (χ3v) is 2.92. The fraction of sp³-hybridized carbons (Fsp3) is 0.462. The summed E-state index contributed by atoms with van der Waals surface area (Å²) in [7, 11) is 0. The van der Waals surface area contributed by atoms with Gasteiger partial charge in [-0.05, 0) is 37.1 Å². The summed E-state index contributed by atoms with van der Waals surface area (Å²) in [5.74, 6) is -0.0197. The van der Waals surface area contributed by atoms with Gasteiger partial charge in [0.2, 0.25) is 5.91 Å². The van der Waals surface area contributed by atoms with Crippen LogP contribution < -0.4 is 10.6 Å². The Hall–Kier alpha value is -1.35. The van der Waals surface area contributed by atoms with E-state index in [0.29, 0.717) is 6.04 Å². The van der Waals surface area contributed by atoms with Crippen molar-refractivity contribution >= 4 is 11.6 Å². The van der Waals surface area contributed by atoms with Gasteiger partial charge >= 0.3 is 0 Å². The number of hydrogen-bond donors (Lipinski definition) is 2. The van der Waals surface area contributed by atoms with E-state index in [4.69, 9.17) is 0 Å². The van der Waals surface area contributed by atoms with Crippen LogP contribution in [0.1, 0.15) is 37.8 Å². The maximum atomic E-state index is 11.0. The van der Waals surface area contributed by atoms with E-state index in [2.05, 4.69) is 22.8 Å². The summed E-state index contributed by atoms with van der Waals surface area (Å²) in [5.41, 5.74) is 2.16. The molecule has 1 fully saturated rings. The predicted octanol–water partition coefficient (Wildman–Crippen LogP) is 2.46. The van der Waals surface area contributed by atoms with Crippen LogP contribution in [0.2, 0.25) is 0 Å². The van der Waals surface area contributed by atoms with Crippen molar-refractivity contribution in [3.8, 4) is 0 Å². The molecule has 3 nitrogen and oxygen atoms in total. The summed E-state index contributed by atoms with van der Waals surface area (Å²) in [5, 5.41) is 6.32. The molecule has 0 aromatic heterocycles. The molecule has 2 rings (SSSR count). The normalized spacial score (nSPS) is 20.4. The average molecular weight is 218 g/mol. The van der Waals surface area contributed by atoms with Gasteiger partial charge in [0, 0.05) is 18.7 Å². The Morgan fingerprint density at radius 2 is 2.31 bits per heavy atom. The fourth-order valence-electron chi connectivity index (χ4n) is 2.17. The minimum Gasteiger partial charge on any atom is -0.326 e. The van der Waals surface area contributed by atoms with Gasteiger partial charge in [-0.25, -0.2) is 0 Å². The van der Waals surface area contributed by atoms with E-state index in [-0.39, 0.29) is 5.91 Å². The van der Waals surface area contributed by atoms with E-state index in [0.717, 1.165) is 12.2 Å². The highest BCUT2D eigenvalue weighted by Crippen LogP contribution is 2.24. The zero-order chi connectivity index (χ0) is 11.4. The van der Waals surface area contributed by atoms with E-state index in [9.17, 15) is 4.79 Å². The van der Waals surface area contributed by atoms with Crippen molar-refractivity contribution in [2.75, 3.05) is 11.9 Å². The second-order valence-corrected chi connectivity index (χ2v) is 4.31. The molecule has 0 unspecified atom stereocenters. The Morgan fingerprint density at radius 1 is 1.44 bits per heavy atom. The number of carbonyl (C=O) groups excluding carboxylic acids is 1. The van der Waals surface area contributed by atoms with E-state index >= 15 is 0 Å². The Bertz CT molecular complexity index is 370. The molecule has 16 heavy (non-hydrogen) atoms. The first-order valence-corrected chi connectivity index (χ1v) is 5.86. The molecule has 3 heteroatoms. The number of carbonyl (C=O) groups is 1. The Balaban J connectivity index is 2.11. The number of anilines is 1. The van der Waals surface area contributed by atoms with E-state index in [1.165, 1.54) is 31.7 Å². The second-order valence-electron chi connectivity index (χ2n) is 4.31. The highest BCUT2D eigenvalue weighted by Gasteiger charge is 2.14. The molecule has 0 bridgehead atoms. The largest absolute Gasteiger partial charge is 0.326 e. The number of hydrogen-bond acceptors (Lipinski definition) is 2. The topological polar surface area (TPSA) is 41.1 Å². The molecule has 1 aliphatic heterocycles. The van der Waals surface area contributed by atoms with Crippen LogP contribution >= 0.6 is 0 Å². The Labute approximate surface area is 96.2 Å². The van der Waals surface area contributed by atoms with Crippen LogP contribution in [0, 0.1) is 0 Å². The first-order valence-electron chi connectivity index (χ1n) is 5.86. The zero-order valence-electron chi connectivity index (χ0n) is 9.62. The summed E-state index contributed by atoms with van der Waals surface area (Å²) >= 11 is 0. The first-order chi connectivity index (χ1) is 7.75. The van der Waals surface area contributed by atoms with Gasteiger partial charge in [0.1, 0.15) is 0 Å². The van der Waals surface area contributed by atoms with E-state index < -0.39 is 0 Å². The summed E-state index contributed by atoms with van der Waals surface area (Å²) in [6.45, 7) is 2.63. The molecule has 0 spiro atoms. The van der Waals surface area contributed by atoms with E-state index in [1.807, 2.05) is 12.1 Å². The van der Waals surface area contributed by atoms with Crippen LogP contribution in [0.5, 0.6) is 0 Å². The Kier molecular flexibility index (Phi) is 3.57. The molecular weight excluding hydrogens is 200 g/mol. The van der Waals surface area contributed by atoms with Gasteiger partial charge in [-0.2, -0.15) is 0 Å². The smallest absolute Gasteiger partial charge is 0.221 e. The molecule has 0 saturated carbocycles. The van der Waals surface area contributed by atoms with Crippen LogP contribution in [0.3, 0.4) is 0 Å². The van der Waals surface area contributed by atoms with Crippen molar-refractivity contribution in [3.63, 3.8) is 0 Å². The number of benzene rings is 1. The van der Waals surface area contributed by atoms with Crippen LogP contribution in [0.4, 0.5) is 5.69 Å². The average Bonchev–Trinajstić information content (AvgIpc) is 2.30. The van der Waals surface area contributed by atoms with Gasteiger partial charge in [-0.3, -0.25) is 4.79 Å². The van der Waals surface area contributed by atoms with Crippen LogP contribution in [-0.2, 0) is 4.79 Å². The van der Waals surface area contributed by atoms with Crippen molar-refractivity contribution in [1.82, 2.24) is 5.32 Å². The zero-order valence-corrected chi connectivity index (χ0v) is 9.62. The molecule has 86 valence electrons. The van der Waals surface area contributed by atoms with Crippen LogP contribution in [0.25, 0.3) is 0 Å². The Morgan fingerprint density at radius 3 is 3.00 bits per heavy atom. The van der Waals surface area contributed by atoms with Gasteiger partial charge < -0.3 is 10.6 Å². The molecule has 0 radical (unpaired) electrons. The lowest BCUT2D eigenvalue weighted by atomic mass is 9.97. The molecule has 1 amide bonds. The maximum Gasteiger partial charge on any atom is 0.221 e. The minimum atomic E-state index is -0.0197. The molecule has 1 aliphatic rings. The lowest BCUT2D eigenvalue weighted by Crippen LogP contribution is -2.26. The van der Waals surface area contributed by atoms with Crippen molar-refractivity contribution in [2.24, 2.45) is 0 Å². The van der Waals surface area contributed by atoms with E-state index in [1.54, 1.807) is 0 Å². The molecule has 1 saturated heterocycles. The van der Waals surface area contributed by atoms with Gasteiger partial charge in [0.05, 0.1) is 0 Å². The maximum absolute atomic E-state index is 11.0. The number of nitrogens with one attached hydrogen (secondary N) is 2. The molecule has 1 aromatic rings. The third-order valence-electron chi connectivity index (χ3n) is 2.92. The quantitative estimate of drug-likeness (QED) is 0.800. The highest BCUT2D eigenvalue weighted by molar-refractivity contribution is 5.88. The summed E-state index contributed by atoms with van der Waals surface area (Å²) < 4.78 is 0. The van der Waals surface area contributed by atoms with Gasteiger partial charge in [-0.1, -0.05) is 18.6 Å². The van der Waals surface area contributed by atoms with Gasteiger partial charge in [0.15, 0.2) is 0 Å². The molecule has 0 aliphatic carbocycles. The van der Waals surface area contributed by atoms with Gasteiger partial charge in [0.25, 0.3) is 0 Å². The minimum absolute atomic E-state index is 0.0197. The fourth-order valence-corrected chi connectivity index (χ4v) is 2.17. The summed E-state index contributed by atoms with van der Waals surface area (Å²) in [6, 6.07) is 8.55. The number of rotatable bonds is 2. The lowest BCUT2D eigenvalue weighted by Gasteiger charge is -2.24. The third kappa shape index (κ3) is 2.83. The van der Waals surface area contributed by atoms with Crippen LogP contribution in [0.15, 0.2) is 24.3 Å². The SMILES string of the molecule is CC(=O)Nc1cccc([C@@H]2CCCCN2)c1. The highest BCUT2D eigenvalue weighted by atomic mass is 16.1. The van der Waals surface area contributed by atoms with Crippen molar-refractivity contribution < 1.29 is 4.79 Å². The van der Waals surface area contributed by atoms with Crippen LogP contribution in [-0.4, -0.2) is 12.5 Å². The van der Waals surface area contributed by atoms with Crippen molar-refractivity contribution in [2.45, 2.75) is 32.2 Å². The predicted molar refractivity (Wildman–Crippen MR) is 65.3 cm³/mol. The monoisotopic (exact) mass is 218 g/mol. The van der Waals surface area contributed by atoms with Gasteiger partial charge in [-0.15, -0.1) is 0 Å².